The van der Waals surface area contributed by atoms with Gasteiger partial charge in [0.25, 0.3) is 0 Å². The highest BCUT2D eigenvalue weighted by molar-refractivity contribution is 5.88. The Balaban J connectivity index is 1.57. The molecule has 1 aliphatic rings. The van der Waals surface area contributed by atoms with Crippen molar-refractivity contribution in [3.8, 4) is 16.9 Å². The average Bonchev–Trinajstić information content (AvgIpc) is 3.05. The first-order valence-electron chi connectivity index (χ1n) is 17.1. The first kappa shape index (κ1) is 36.0. The number of aliphatic carboxylic acids is 1. The molecule has 2 aromatic heterocycles. The third-order valence-corrected chi connectivity index (χ3v) is 8.90. The summed E-state index contributed by atoms with van der Waals surface area (Å²) in [6.07, 6.45) is 3.17. The predicted molar refractivity (Wildman–Crippen MR) is 191 cm³/mol. The number of aromatic nitrogens is 2. The number of carbonyl (C=O) groups is 1. The zero-order chi connectivity index (χ0) is 35.2. The van der Waals surface area contributed by atoms with Crippen LogP contribution in [0.25, 0.3) is 11.1 Å². The molecule has 0 radical (unpaired) electrons. The van der Waals surface area contributed by atoms with Gasteiger partial charge in [-0.1, -0.05) is 44.2 Å². The molecule has 5 rings (SSSR count). The number of halogens is 1. The van der Waals surface area contributed by atoms with Gasteiger partial charge in [0.15, 0.2) is 6.10 Å². The molecule has 2 N–H and O–H groups in total. The second-order valence-corrected chi connectivity index (χ2v) is 14.6. The second-order valence-electron chi connectivity index (χ2n) is 14.6. The lowest BCUT2D eigenvalue weighted by Gasteiger charge is -2.41. The fourth-order valence-electron chi connectivity index (χ4n) is 6.22. The molecule has 9 heteroatoms. The summed E-state index contributed by atoms with van der Waals surface area (Å²) in [6.45, 7) is 15.1. The summed E-state index contributed by atoms with van der Waals surface area (Å²) < 4.78 is 25.7. The third-order valence-electron chi connectivity index (χ3n) is 8.90. The van der Waals surface area contributed by atoms with Gasteiger partial charge in [0.2, 0.25) is 0 Å². The average molecular weight is 669 g/mol. The molecule has 1 unspecified atom stereocenters. The third kappa shape index (κ3) is 9.64. The Labute approximate surface area is 289 Å². The van der Waals surface area contributed by atoms with Gasteiger partial charge < -0.3 is 24.8 Å². The lowest BCUT2D eigenvalue weighted by molar-refractivity contribution is -0.160. The number of nitrogens with one attached hydrogen (secondary N) is 1. The highest BCUT2D eigenvalue weighted by atomic mass is 19.1. The monoisotopic (exact) mass is 668 g/mol. The predicted octanol–water partition coefficient (Wildman–Crippen LogP) is 8.07. The molecule has 1 aliphatic heterocycles. The normalized spacial score (nSPS) is 15.2. The number of ether oxygens (including phenoxy) is 2. The highest BCUT2D eigenvalue weighted by Crippen LogP contribution is 2.45. The molecular formula is C40H49FN4O4. The lowest BCUT2D eigenvalue weighted by Crippen LogP contribution is -2.39. The molecule has 0 aliphatic carbocycles. The largest absolute Gasteiger partial charge is 0.493 e. The topological polar surface area (TPSA) is 96.8 Å². The number of nitrogens with zero attached hydrogens (tertiary/aromatic N) is 3. The minimum atomic E-state index is -1.21. The summed E-state index contributed by atoms with van der Waals surface area (Å²) in [5, 5.41) is 14.1. The molecule has 1 fully saturated rings. The van der Waals surface area contributed by atoms with E-state index in [-0.39, 0.29) is 11.2 Å². The Morgan fingerprint density at radius 3 is 2.33 bits per heavy atom. The van der Waals surface area contributed by atoms with Crippen LogP contribution >= 0.6 is 0 Å². The molecule has 1 saturated heterocycles. The van der Waals surface area contributed by atoms with Crippen LogP contribution < -0.4 is 15.0 Å². The van der Waals surface area contributed by atoms with Gasteiger partial charge in [-0.2, -0.15) is 0 Å². The van der Waals surface area contributed by atoms with Gasteiger partial charge in [0.05, 0.1) is 29.3 Å². The summed E-state index contributed by atoms with van der Waals surface area (Å²) in [5.41, 5.74) is 6.10. The molecule has 0 saturated carbocycles. The first-order chi connectivity index (χ1) is 23.3. The zero-order valence-corrected chi connectivity index (χ0v) is 29.6. The molecular weight excluding hydrogens is 619 g/mol. The molecule has 260 valence electrons. The SMILES string of the molecule is Cc1nc(CNCc2ccccn2)c(-c2ccc(OCCc3ccc(F)cc3)cc2)c(N2CCC(C)(C)CC2)c1C(OC(C)(C)C)C(=O)O. The van der Waals surface area contributed by atoms with E-state index in [1.54, 1.807) is 18.3 Å². The number of hydrogen-bond acceptors (Lipinski definition) is 7. The van der Waals surface area contributed by atoms with Gasteiger partial charge in [0.1, 0.15) is 11.6 Å². The Morgan fingerprint density at radius 1 is 1.02 bits per heavy atom. The molecule has 1 atom stereocenters. The van der Waals surface area contributed by atoms with Gasteiger partial charge in [0, 0.05) is 55.6 Å². The molecule has 0 spiro atoms. The van der Waals surface area contributed by atoms with Crippen LogP contribution in [0.15, 0.2) is 72.9 Å². The van der Waals surface area contributed by atoms with E-state index in [1.165, 1.54) is 12.1 Å². The van der Waals surface area contributed by atoms with Crippen molar-refractivity contribution in [2.45, 2.75) is 85.6 Å². The van der Waals surface area contributed by atoms with Crippen LogP contribution in [-0.2, 0) is 29.0 Å². The fourth-order valence-corrected chi connectivity index (χ4v) is 6.22. The van der Waals surface area contributed by atoms with Gasteiger partial charge in [-0.25, -0.2) is 9.18 Å². The van der Waals surface area contributed by atoms with Crippen LogP contribution in [0.1, 0.15) is 81.8 Å². The van der Waals surface area contributed by atoms with Crippen molar-refractivity contribution in [2.24, 2.45) is 5.41 Å². The fraction of sp³-hybridized carbons (Fsp3) is 0.425. The van der Waals surface area contributed by atoms with Crippen molar-refractivity contribution in [1.29, 1.82) is 0 Å². The standard InChI is InChI=1S/C40H49FN4O4/c1-27-34(37(38(46)47)49-39(2,3)4)36(45-22-19-40(5,6)20-23-45)35(33(44-27)26-42-25-31-9-7-8-21-43-31)29-12-16-32(17-13-29)48-24-18-28-10-14-30(41)15-11-28/h7-17,21,37,42H,18-20,22-26H2,1-6H3,(H,46,47). The van der Waals surface area contributed by atoms with Gasteiger partial charge in [-0.15, -0.1) is 0 Å². The smallest absolute Gasteiger partial charge is 0.337 e. The minimum absolute atomic E-state index is 0.187. The summed E-state index contributed by atoms with van der Waals surface area (Å²) in [5.74, 6) is -0.593. The molecule has 2 aromatic carbocycles. The van der Waals surface area contributed by atoms with Crippen LogP contribution in [-0.4, -0.2) is 46.3 Å². The summed E-state index contributed by atoms with van der Waals surface area (Å²) in [7, 11) is 0. The Bertz CT molecular complexity index is 1690. The number of anilines is 1. The van der Waals surface area contributed by atoms with Gasteiger partial charge >= 0.3 is 5.97 Å². The number of pyridine rings is 2. The summed E-state index contributed by atoms with van der Waals surface area (Å²) in [6, 6.07) is 20.2. The van der Waals surface area contributed by atoms with E-state index < -0.39 is 17.7 Å². The Hall–Kier alpha value is -4.34. The summed E-state index contributed by atoms with van der Waals surface area (Å²) in [4.78, 5) is 24.9. The maximum atomic E-state index is 13.3. The van der Waals surface area contributed by atoms with Crippen molar-refractivity contribution in [3.05, 3.63) is 107 Å². The van der Waals surface area contributed by atoms with Crippen molar-refractivity contribution >= 4 is 11.7 Å². The van der Waals surface area contributed by atoms with E-state index in [2.05, 4.69) is 29.0 Å². The van der Waals surface area contributed by atoms with E-state index >= 15 is 0 Å². The van der Waals surface area contributed by atoms with Crippen molar-refractivity contribution in [2.75, 3.05) is 24.6 Å². The number of carboxylic acids is 1. The van der Waals surface area contributed by atoms with E-state index in [9.17, 15) is 14.3 Å². The Morgan fingerprint density at radius 2 is 1.71 bits per heavy atom. The van der Waals surface area contributed by atoms with Crippen LogP contribution in [0.4, 0.5) is 10.1 Å². The number of rotatable bonds is 13. The zero-order valence-electron chi connectivity index (χ0n) is 29.6. The lowest BCUT2D eigenvalue weighted by atomic mass is 9.81. The molecule has 8 nitrogen and oxygen atoms in total. The Kier molecular flexibility index (Phi) is 11.4. The first-order valence-corrected chi connectivity index (χ1v) is 17.1. The van der Waals surface area contributed by atoms with Crippen LogP contribution in [0.5, 0.6) is 5.75 Å². The van der Waals surface area contributed by atoms with E-state index in [0.29, 0.717) is 43.1 Å². The van der Waals surface area contributed by atoms with Crippen molar-refractivity contribution < 1.29 is 23.8 Å². The van der Waals surface area contributed by atoms with Crippen LogP contribution in [0.2, 0.25) is 0 Å². The maximum absolute atomic E-state index is 13.3. The van der Waals surface area contributed by atoms with E-state index in [1.807, 2.05) is 70.2 Å². The summed E-state index contributed by atoms with van der Waals surface area (Å²) >= 11 is 0. The molecule has 49 heavy (non-hydrogen) atoms. The molecule has 4 aromatic rings. The van der Waals surface area contributed by atoms with E-state index in [0.717, 1.165) is 59.7 Å². The molecule has 3 heterocycles. The van der Waals surface area contributed by atoms with Gasteiger partial charge in [-0.05, 0) is 93.5 Å². The number of hydrogen-bond donors (Lipinski definition) is 2. The van der Waals surface area contributed by atoms with Gasteiger partial charge in [-0.3, -0.25) is 9.97 Å². The number of piperidine rings is 1. The van der Waals surface area contributed by atoms with Crippen molar-refractivity contribution in [1.82, 2.24) is 15.3 Å². The highest BCUT2D eigenvalue weighted by Gasteiger charge is 2.37. The number of benzene rings is 2. The van der Waals surface area contributed by atoms with E-state index in [4.69, 9.17) is 14.5 Å². The minimum Gasteiger partial charge on any atom is -0.493 e. The van der Waals surface area contributed by atoms with Crippen molar-refractivity contribution in [3.63, 3.8) is 0 Å². The van der Waals surface area contributed by atoms with Crippen LogP contribution in [0, 0.1) is 18.2 Å². The second kappa shape index (κ2) is 15.5. The maximum Gasteiger partial charge on any atom is 0.337 e. The number of carboxylic acid groups (broad SMARTS) is 1. The molecule has 0 amide bonds. The quantitative estimate of drug-likeness (QED) is 0.148. The molecule has 0 bridgehead atoms. The van der Waals surface area contributed by atoms with Crippen LogP contribution in [0.3, 0.4) is 0 Å². The number of aryl methyl sites for hydroxylation is 1.